The van der Waals surface area contributed by atoms with Gasteiger partial charge in [0, 0.05) is 18.4 Å². The van der Waals surface area contributed by atoms with Gasteiger partial charge in [0.25, 0.3) is 5.69 Å². The number of benzene rings is 1. The molecule has 2 amide bonds. The summed E-state index contributed by atoms with van der Waals surface area (Å²) in [5, 5.41) is 10.9. The Hall–Kier alpha value is -2.78. The highest BCUT2D eigenvalue weighted by Gasteiger charge is 2.61. The van der Waals surface area contributed by atoms with Crippen LogP contribution in [0.3, 0.4) is 0 Å². The second-order valence-corrected chi connectivity index (χ2v) is 7.13. The minimum absolute atomic E-state index is 0.0878. The molecular weight excluding hydrogens is 369 g/mol. The predicted octanol–water partition coefficient (Wildman–Crippen LogP) is 2.72. The van der Waals surface area contributed by atoms with Gasteiger partial charge in [0.1, 0.15) is 11.3 Å². The van der Waals surface area contributed by atoms with E-state index < -0.39 is 51.9 Å². The Kier molecular flexibility index (Phi) is 3.66. The Morgan fingerprint density at radius 3 is 2.33 bits per heavy atom. The quantitative estimate of drug-likeness (QED) is 0.445. The number of fused-ring (bicyclic) bond motifs is 2. The summed E-state index contributed by atoms with van der Waals surface area (Å²) in [6, 6.07) is 2.06. The van der Waals surface area contributed by atoms with Gasteiger partial charge < -0.3 is 0 Å². The van der Waals surface area contributed by atoms with Gasteiger partial charge in [-0.2, -0.15) is 13.2 Å². The average molecular weight is 382 g/mol. The van der Waals surface area contributed by atoms with E-state index in [1.165, 1.54) is 0 Å². The zero-order chi connectivity index (χ0) is 19.7. The van der Waals surface area contributed by atoms with Crippen LogP contribution in [-0.4, -0.2) is 22.5 Å². The molecule has 27 heavy (non-hydrogen) atoms. The molecule has 7 nitrogen and oxygen atoms in total. The number of ketones is 1. The van der Waals surface area contributed by atoms with Gasteiger partial charge in [-0.3, -0.25) is 29.4 Å². The maximum atomic E-state index is 13.2. The number of carbonyl (C=O) groups is 3. The molecule has 1 aromatic carbocycles. The first-order chi connectivity index (χ1) is 12.6. The third kappa shape index (κ3) is 2.46. The van der Waals surface area contributed by atoms with Gasteiger partial charge in [0.2, 0.25) is 11.8 Å². The molecule has 0 N–H and O–H groups in total. The SMILES string of the molecule is O=C1CC2CCC1C1C(=O)N(c3ccc([N+](=O)[O-])c(C(F)(F)F)c3)C(=O)C21. The summed E-state index contributed by atoms with van der Waals surface area (Å²) in [5.41, 5.74) is -3.04. The van der Waals surface area contributed by atoms with E-state index in [-0.39, 0.29) is 23.8 Å². The van der Waals surface area contributed by atoms with Gasteiger partial charge in [-0.05, 0) is 30.9 Å². The molecule has 3 aliphatic carbocycles. The van der Waals surface area contributed by atoms with E-state index in [4.69, 9.17) is 0 Å². The second kappa shape index (κ2) is 5.61. The average Bonchev–Trinajstić information content (AvgIpc) is 2.87. The highest BCUT2D eigenvalue weighted by molar-refractivity contribution is 6.23. The van der Waals surface area contributed by atoms with Gasteiger partial charge >= 0.3 is 6.18 Å². The van der Waals surface area contributed by atoms with Gasteiger partial charge in [-0.15, -0.1) is 0 Å². The molecule has 1 aromatic rings. The molecule has 4 fully saturated rings. The lowest BCUT2D eigenvalue weighted by Gasteiger charge is -2.41. The number of nitrogens with zero attached hydrogens (tertiary/aromatic N) is 2. The lowest BCUT2D eigenvalue weighted by atomic mass is 9.59. The van der Waals surface area contributed by atoms with Crippen LogP contribution >= 0.6 is 0 Å². The lowest BCUT2D eigenvalue weighted by Crippen LogP contribution is -2.46. The van der Waals surface area contributed by atoms with Crippen LogP contribution in [0.1, 0.15) is 24.8 Å². The Balaban J connectivity index is 1.78. The number of hydrogen-bond donors (Lipinski definition) is 0. The molecule has 5 rings (SSSR count). The summed E-state index contributed by atoms with van der Waals surface area (Å²) in [7, 11) is 0. The van der Waals surface area contributed by atoms with E-state index in [1.54, 1.807) is 0 Å². The molecule has 0 spiro atoms. The smallest absolute Gasteiger partial charge is 0.299 e. The molecule has 1 heterocycles. The topological polar surface area (TPSA) is 97.6 Å². The number of hydrogen-bond acceptors (Lipinski definition) is 5. The minimum atomic E-state index is -5.02. The molecule has 4 unspecified atom stereocenters. The molecule has 1 aliphatic heterocycles. The van der Waals surface area contributed by atoms with Crippen molar-refractivity contribution in [3.8, 4) is 0 Å². The predicted molar refractivity (Wildman–Crippen MR) is 83.4 cm³/mol. The highest BCUT2D eigenvalue weighted by atomic mass is 19.4. The van der Waals surface area contributed by atoms with E-state index in [0.717, 1.165) is 6.07 Å². The molecule has 4 atom stereocenters. The number of rotatable bonds is 2. The van der Waals surface area contributed by atoms with Crippen LogP contribution in [0.25, 0.3) is 0 Å². The van der Waals surface area contributed by atoms with Crippen molar-refractivity contribution in [3.05, 3.63) is 33.9 Å². The number of amides is 2. The number of Topliss-reactive ketones (excluding diaryl/α,β-unsaturated/α-hetero) is 1. The fourth-order valence-corrected chi connectivity index (χ4v) is 4.69. The highest BCUT2D eigenvalue weighted by Crippen LogP contribution is 2.52. The Labute approximate surface area is 150 Å². The van der Waals surface area contributed by atoms with Crippen molar-refractivity contribution in [2.24, 2.45) is 23.7 Å². The monoisotopic (exact) mass is 382 g/mol. The van der Waals surface area contributed by atoms with Crippen LogP contribution < -0.4 is 4.90 Å². The molecule has 1 saturated heterocycles. The standard InChI is InChI=1S/C17H13F3N2O5/c18-17(19,20)10-6-8(2-4-11(10)22(26)27)21-15(24)13-7-1-3-9(12(23)5-7)14(13)16(21)25/h2,4,6-7,9,13-14H,1,3,5H2. The summed E-state index contributed by atoms with van der Waals surface area (Å²) in [5.74, 6) is -3.84. The first-order valence-corrected chi connectivity index (χ1v) is 8.37. The van der Waals surface area contributed by atoms with Crippen molar-refractivity contribution in [2.45, 2.75) is 25.4 Å². The first kappa shape index (κ1) is 17.6. The number of alkyl halides is 3. The van der Waals surface area contributed by atoms with E-state index in [9.17, 15) is 37.7 Å². The zero-order valence-electron chi connectivity index (χ0n) is 13.7. The number of nitro benzene ring substituents is 1. The first-order valence-electron chi connectivity index (χ1n) is 8.37. The van der Waals surface area contributed by atoms with Gasteiger partial charge in [-0.1, -0.05) is 0 Å². The van der Waals surface area contributed by atoms with Gasteiger partial charge in [-0.25, -0.2) is 0 Å². The number of carbonyl (C=O) groups excluding carboxylic acids is 3. The molecule has 10 heteroatoms. The summed E-state index contributed by atoms with van der Waals surface area (Å²) in [4.78, 5) is 48.1. The van der Waals surface area contributed by atoms with E-state index in [0.29, 0.717) is 29.9 Å². The van der Waals surface area contributed by atoms with Crippen molar-refractivity contribution in [1.29, 1.82) is 0 Å². The Morgan fingerprint density at radius 1 is 1.07 bits per heavy atom. The van der Waals surface area contributed by atoms with Crippen LogP contribution in [0.2, 0.25) is 0 Å². The molecule has 4 aliphatic rings. The summed E-state index contributed by atoms with van der Waals surface area (Å²) in [6.45, 7) is 0. The van der Waals surface area contributed by atoms with Crippen molar-refractivity contribution >= 4 is 29.0 Å². The lowest BCUT2D eigenvalue weighted by molar-refractivity contribution is -0.388. The Bertz CT molecular complexity index is 897. The third-order valence-electron chi connectivity index (χ3n) is 5.81. The molecule has 2 bridgehead atoms. The number of anilines is 1. The minimum Gasteiger partial charge on any atom is -0.299 e. The fourth-order valence-electron chi connectivity index (χ4n) is 4.69. The van der Waals surface area contributed by atoms with Crippen molar-refractivity contribution in [3.63, 3.8) is 0 Å². The second-order valence-electron chi connectivity index (χ2n) is 7.13. The molecule has 0 aromatic heterocycles. The molecule has 142 valence electrons. The maximum Gasteiger partial charge on any atom is 0.423 e. The van der Waals surface area contributed by atoms with Crippen LogP contribution in [0, 0.1) is 33.8 Å². The number of nitro groups is 1. The molecule has 3 saturated carbocycles. The van der Waals surface area contributed by atoms with Crippen molar-refractivity contribution < 1.29 is 32.5 Å². The van der Waals surface area contributed by atoms with Crippen LogP contribution in [0.4, 0.5) is 24.5 Å². The zero-order valence-corrected chi connectivity index (χ0v) is 13.7. The van der Waals surface area contributed by atoms with E-state index >= 15 is 0 Å². The van der Waals surface area contributed by atoms with E-state index in [1.807, 2.05) is 0 Å². The summed E-state index contributed by atoms with van der Waals surface area (Å²) < 4.78 is 39.6. The maximum absolute atomic E-state index is 13.2. The van der Waals surface area contributed by atoms with Crippen LogP contribution in [0.15, 0.2) is 18.2 Å². The molecule has 0 radical (unpaired) electrons. The van der Waals surface area contributed by atoms with Gasteiger partial charge in [0.05, 0.1) is 22.4 Å². The summed E-state index contributed by atoms with van der Waals surface area (Å²) in [6.07, 6.45) is -3.71. The van der Waals surface area contributed by atoms with Crippen LogP contribution in [-0.2, 0) is 20.6 Å². The third-order valence-corrected chi connectivity index (χ3v) is 5.81. The fraction of sp³-hybridized carbons (Fsp3) is 0.471. The van der Waals surface area contributed by atoms with Gasteiger partial charge in [0.15, 0.2) is 0 Å². The van der Waals surface area contributed by atoms with E-state index in [2.05, 4.69) is 0 Å². The Morgan fingerprint density at radius 2 is 1.74 bits per heavy atom. The van der Waals surface area contributed by atoms with Crippen LogP contribution in [0.5, 0.6) is 0 Å². The number of halogens is 3. The normalized spacial score (nSPS) is 30.0. The summed E-state index contributed by atoms with van der Waals surface area (Å²) >= 11 is 0. The van der Waals surface area contributed by atoms with Crippen molar-refractivity contribution in [1.82, 2.24) is 0 Å². The molecular formula is C17H13F3N2O5. The van der Waals surface area contributed by atoms with Crippen molar-refractivity contribution in [2.75, 3.05) is 4.90 Å². The number of imide groups is 1. The largest absolute Gasteiger partial charge is 0.423 e.